The van der Waals surface area contributed by atoms with Crippen molar-refractivity contribution in [1.82, 2.24) is 5.43 Å². The highest BCUT2D eigenvalue weighted by Crippen LogP contribution is 2.27. The van der Waals surface area contributed by atoms with Crippen LogP contribution in [0.5, 0.6) is 17.2 Å². The van der Waals surface area contributed by atoms with Crippen molar-refractivity contribution in [3.63, 3.8) is 0 Å². The van der Waals surface area contributed by atoms with Gasteiger partial charge in [0.25, 0.3) is 0 Å². The van der Waals surface area contributed by atoms with Gasteiger partial charge in [0.1, 0.15) is 5.75 Å². The van der Waals surface area contributed by atoms with E-state index in [1.807, 2.05) is 24.3 Å². The van der Waals surface area contributed by atoms with Crippen LogP contribution < -0.4 is 19.6 Å². The molecule has 0 radical (unpaired) electrons. The first-order chi connectivity index (χ1) is 12.1. The Morgan fingerprint density at radius 3 is 2.68 bits per heavy atom. The van der Waals surface area contributed by atoms with Crippen LogP contribution in [-0.4, -0.2) is 38.1 Å². The predicted molar refractivity (Wildman–Crippen MR) is 93.6 cm³/mol. The number of aliphatic carboxylic acids is 1. The standard InChI is InChI=1S/C18H20N2O5/c1-23-16-7-6-14(9-17(16)24-2)11-20-19-10-13-4-3-5-15(8-13)25-12-18(21)22/h3-10,20H,11-12H2,1-2H3,(H,21,22)/b19-10-. The van der Waals surface area contributed by atoms with Crippen molar-refractivity contribution in [3.05, 3.63) is 53.6 Å². The molecule has 0 saturated heterocycles. The number of hydrogen-bond acceptors (Lipinski definition) is 6. The van der Waals surface area contributed by atoms with Crippen LogP contribution in [0, 0.1) is 0 Å². The smallest absolute Gasteiger partial charge is 0.341 e. The van der Waals surface area contributed by atoms with E-state index in [2.05, 4.69) is 10.5 Å². The Labute approximate surface area is 145 Å². The number of benzene rings is 2. The van der Waals surface area contributed by atoms with Crippen molar-refractivity contribution in [2.45, 2.75) is 6.54 Å². The van der Waals surface area contributed by atoms with E-state index in [0.717, 1.165) is 11.1 Å². The van der Waals surface area contributed by atoms with Crippen LogP contribution in [0.3, 0.4) is 0 Å². The lowest BCUT2D eigenvalue weighted by molar-refractivity contribution is -0.139. The van der Waals surface area contributed by atoms with Crippen LogP contribution in [0.4, 0.5) is 0 Å². The Kier molecular flexibility index (Phi) is 6.65. The fourth-order valence-electron chi connectivity index (χ4n) is 2.08. The van der Waals surface area contributed by atoms with Crippen LogP contribution in [0.2, 0.25) is 0 Å². The van der Waals surface area contributed by atoms with Crippen LogP contribution in [-0.2, 0) is 11.3 Å². The Morgan fingerprint density at radius 1 is 1.16 bits per heavy atom. The predicted octanol–water partition coefficient (Wildman–Crippen LogP) is 2.29. The molecule has 0 saturated carbocycles. The maximum atomic E-state index is 10.5. The third kappa shape index (κ3) is 5.72. The van der Waals surface area contributed by atoms with E-state index in [1.165, 1.54) is 0 Å². The van der Waals surface area contributed by atoms with Gasteiger partial charge in [0.2, 0.25) is 0 Å². The highest BCUT2D eigenvalue weighted by atomic mass is 16.5. The van der Waals surface area contributed by atoms with E-state index < -0.39 is 5.97 Å². The van der Waals surface area contributed by atoms with E-state index in [9.17, 15) is 4.79 Å². The minimum Gasteiger partial charge on any atom is -0.493 e. The maximum Gasteiger partial charge on any atom is 0.341 e. The molecule has 7 nitrogen and oxygen atoms in total. The van der Waals surface area contributed by atoms with Gasteiger partial charge in [-0.2, -0.15) is 5.10 Å². The van der Waals surface area contributed by atoms with Gasteiger partial charge in [-0.25, -0.2) is 4.79 Å². The van der Waals surface area contributed by atoms with Crippen LogP contribution in [0.1, 0.15) is 11.1 Å². The SMILES string of the molecule is COc1ccc(CN/N=C\c2cccc(OCC(=O)O)c2)cc1OC. The lowest BCUT2D eigenvalue weighted by Crippen LogP contribution is -2.09. The Morgan fingerprint density at radius 2 is 1.96 bits per heavy atom. The molecule has 0 aliphatic heterocycles. The van der Waals surface area contributed by atoms with Gasteiger partial charge in [0, 0.05) is 0 Å². The molecule has 0 heterocycles. The van der Waals surface area contributed by atoms with Crippen molar-refractivity contribution in [1.29, 1.82) is 0 Å². The fraction of sp³-hybridized carbons (Fsp3) is 0.222. The molecule has 0 spiro atoms. The van der Waals surface area contributed by atoms with Crippen molar-refractivity contribution in [2.24, 2.45) is 5.10 Å². The number of methoxy groups -OCH3 is 2. The normalized spacial score (nSPS) is 10.5. The zero-order valence-electron chi connectivity index (χ0n) is 14.1. The van der Waals surface area contributed by atoms with Crippen molar-refractivity contribution < 1.29 is 24.1 Å². The Hall–Kier alpha value is -3.22. The van der Waals surface area contributed by atoms with E-state index >= 15 is 0 Å². The molecule has 2 rings (SSSR count). The quantitative estimate of drug-likeness (QED) is 0.536. The number of carboxylic acid groups (broad SMARTS) is 1. The third-order valence-corrected chi connectivity index (χ3v) is 3.26. The molecule has 7 heteroatoms. The third-order valence-electron chi connectivity index (χ3n) is 3.26. The molecule has 0 aliphatic rings. The summed E-state index contributed by atoms with van der Waals surface area (Å²) in [6.07, 6.45) is 1.63. The minimum atomic E-state index is -1.02. The zero-order valence-corrected chi connectivity index (χ0v) is 14.1. The second-order valence-corrected chi connectivity index (χ2v) is 5.04. The minimum absolute atomic E-state index is 0.377. The summed E-state index contributed by atoms with van der Waals surface area (Å²) in [5, 5.41) is 12.8. The van der Waals surface area contributed by atoms with E-state index in [0.29, 0.717) is 23.8 Å². The van der Waals surface area contributed by atoms with E-state index in [-0.39, 0.29) is 6.61 Å². The van der Waals surface area contributed by atoms with Gasteiger partial charge in [0.15, 0.2) is 18.1 Å². The number of nitrogens with one attached hydrogen (secondary N) is 1. The number of nitrogens with zero attached hydrogens (tertiary/aromatic N) is 1. The first kappa shape index (κ1) is 18.1. The fourth-order valence-corrected chi connectivity index (χ4v) is 2.08. The molecular formula is C18H20N2O5. The van der Waals surface area contributed by atoms with Gasteiger partial charge < -0.3 is 24.7 Å². The highest BCUT2D eigenvalue weighted by Gasteiger charge is 2.04. The molecule has 0 bridgehead atoms. The summed E-state index contributed by atoms with van der Waals surface area (Å²) >= 11 is 0. The molecule has 2 aromatic rings. The lowest BCUT2D eigenvalue weighted by atomic mass is 10.2. The molecule has 0 aliphatic carbocycles. The molecular weight excluding hydrogens is 324 g/mol. The van der Waals surface area contributed by atoms with Gasteiger partial charge in [-0.15, -0.1) is 0 Å². The number of rotatable bonds is 9. The summed E-state index contributed by atoms with van der Waals surface area (Å²) in [6.45, 7) is 0.143. The average Bonchev–Trinajstić information content (AvgIpc) is 2.63. The van der Waals surface area contributed by atoms with Crippen molar-refractivity contribution >= 4 is 12.2 Å². The van der Waals surface area contributed by atoms with Gasteiger partial charge in [-0.1, -0.05) is 18.2 Å². The van der Waals surface area contributed by atoms with Gasteiger partial charge in [-0.3, -0.25) is 0 Å². The number of ether oxygens (including phenoxy) is 3. The monoisotopic (exact) mass is 344 g/mol. The van der Waals surface area contributed by atoms with Gasteiger partial charge >= 0.3 is 5.97 Å². The van der Waals surface area contributed by atoms with E-state index in [1.54, 1.807) is 38.6 Å². The summed E-state index contributed by atoms with van der Waals surface area (Å²) in [6, 6.07) is 12.7. The summed E-state index contributed by atoms with van der Waals surface area (Å²) in [4.78, 5) is 10.5. The van der Waals surface area contributed by atoms with Crippen LogP contribution in [0.15, 0.2) is 47.6 Å². The van der Waals surface area contributed by atoms with Crippen LogP contribution >= 0.6 is 0 Å². The van der Waals surface area contributed by atoms with Gasteiger partial charge in [0.05, 0.1) is 27.0 Å². The maximum absolute atomic E-state index is 10.5. The highest BCUT2D eigenvalue weighted by molar-refractivity contribution is 5.80. The summed E-state index contributed by atoms with van der Waals surface area (Å²) in [7, 11) is 3.18. The van der Waals surface area contributed by atoms with Crippen LogP contribution in [0.25, 0.3) is 0 Å². The first-order valence-electron chi connectivity index (χ1n) is 7.54. The Bertz CT molecular complexity index is 746. The molecule has 132 valence electrons. The second-order valence-electron chi connectivity index (χ2n) is 5.04. The molecule has 0 unspecified atom stereocenters. The number of carbonyl (C=O) groups is 1. The van der Waals surface area contributed by atoms with E-state index in [4.69, 9.17) is 19.3 Å². The summed E-state index contributed by atoms with van der Waals surface area (Å²) < 4.78 is 15.6. The van der Waals surface area contributed by atoms with Crippen molar-refractivity contribution in [2.75, 3.05) is 20.8 Å². The second kappa shape index (κ2) is 9.17. The molecule has 0 aromatic heterocycles. The molecule has 25 heavy (non-hydrogen) atoms. The lowest BCUT2D eigenvalue weighted by Gasteiger charge is -2.09. The summed E-state index contributed by atoms with van der Waals surface area (Å²) in [5.74, 6) is 0.795. The van der Waals surface area contributed by atoms with Gasteiger partial charge in [-0.05, 0) is 35.4 Å². The number of hydrogen-bond donors (Lipinski definition) is 2. The number of carboxylic acids is 1. The van der Waals surface area contributed by atoms with Crippen molar-refractivity contribution in [3.8, 4) is 17.2 Å². The molecule has 2 aromatic carbocycles. The molecule has 0 fully saturated rings. The summed E-state index contributed by atoms with van der Waals surface area (Å²) in [5.41, 5.74) is 4.73. The first-order valence-corrected chi connectivity index (χ1v) is 7.54. The largest absolute Gasteiger partial charge is 0.493 e. The Balaban J connectivity index is 1.91. The number of hydrazone groups is 1. The topological polar surface area (TPSA) is 89.4 Å². The zero-order chi connectivity index (χ0) is 18.1. The average molecular weight is 344 g/mol. The molecule has 0 atom stereocenters. The molecule has 0 amide bonds. The molecule has 2 N–H and O–H groups in total.